The maximum atomic E-state index is 13.9. The van der Waals surface area contributed by atoms with Crippen LogP contribution in [-0.4, -0.2) is 25.4 Å². The number of esters is 1. The van der Waals surface area contributed by atoms with E-state index >= 15 is 0 Å². The van der Waals surface area contributed by atoms with Crippen LogP contribution in [0.25, 0.3) is 22.3 Å². The van der Waals surface area contributed by atoms with E-state index in [4.69, 9.17) is 13.9 Å². The Hall–Kier alpha value is -3.43. The molecule has 0 bridgehead atoms. The number of carbonyl (C=O) groups is 1. The van der Waals surface area contributed by atoms with Gasteiger partial charge in [0.1, 0.15) is 23.7 Å². The van der Waals surface area contributed by atoms with Gasteiger partial charge in [-0.2, -0.15) is 26.3 Å². The van der Waals surface area contributed by atoms with E-state index in [1.54, 1.807) is 12.1 Å². The third kappa shape index (κ3) is 8.53. The van der Waals surface area contributed by atoms with Gasteiger partial charge in [-0.3, -0.25) is 0 Å². The van der Waals surface area contributed by atoms with Gasteiger partial charge in [-0.25, -0.2) is 4.79 Å². The second-order valence-electron chi connectivity index (χ2n) is 9.85. The molecule has 1 aromatic heterocycles. The van der Waals surface area contributed by atoms with Crippen molar-refractivity contribution in [2.24, 2.45) is 5.41 Å². The first-order valence-corrected chi connectivity index (χ1v) is 12.5. The van der Waals surface area contributed by atoms with Gasteiger partial charge < -0.3 is 13.9 Å². The summed E-state index contributed by atoms with van der Waals surface area (Å²) in [6, 6.07) is 10.1. The summed E-state index contributed by atoms with van der Waals surface area (Å²) in [6.07, 6.45) is -6.35. The zero-order chi connectivity index (χ0) is 28.8. The van der Waals surface area contributed by atoms with Crippen molar-refractivity contribution in [1.82, 2.24) is 0 Å². The largest absolute Gasteiger partial charge is 0.493 e. The Labute approximate surface area is 222 Å². The van der Waals surface area contributed by atoms with Crippen LogP contribution in [0, 0.1) is 5.41 Å². The first kappa shape index (κ1) is 30.1. The van der Waals surface area contributed by atoms with E-state index < -0.39 is 48.9 Å². The van der Waals surface area contributed by atoms with Gasteiger partial charge >= 0.3 is 18.3 Å². The second kappa shape index (κ2) is 12.2. The Morgan fingerprint density at radius 3 is 2.38 bits per heavy atom. The number of rotatable bonds is 12. The fourth-order valence-electron chi connectivity index (χ4n) is 4.20. The second-order valence-corrected chi connectivity index (χ2v) is 9.85. The van der Waals surface area contributed by atoms with Gasteiger partial charge in [0.05, 0.1) is 18.6 Å². The number of fused-ring (bicyclic) bond motifs is 1. The minimum atomic E-state index is -4.60. The van der Waals surface area contributed by atoms with Crippen LogP contribution in [0.3, 0.4) is 0 Å². The molecule has 0 saturated heterocycles. The zero-order valence-corrected chi connectivity index (χ0v) is 21.7. The van der Waals surface area contributed by atoms with E-state index in [1.807, 2.05) is 6.92 Å². The lowest BCUT2D eigenvalue weighted by atomic mass is 9.88. The quantitative estimate of drug-likeness (QED) is 0.0967. The molecule has 39 heavy (non-hydrogen) atoms. The number of hydrogen-bond donors (Lipinski definition) is 0. The molecule has 10 heteroatoms. The SMILES string of the molecule is C=CC(=O)OCC(C)(COc1ccc2cc(-c3ccc(CCCCC)cc3C(F)(F)F)oc2c1)CC(F)(F)F. The van der Waals surface area contributed by atoms with Crippen LogP contribution < -0.4 is 4.74 Å². The van der Waals surface area contributed by atoms with E-state index in [0.717, 1.165) is 31.4 Å². The predicted molar refractivity (Wildman–Crippen MR) is 135 cm³/mol. The van der Waals surface area contributed by atoms with E-state index in [2.05, 4.69) is 6.58 Å². The number of hydrogen-bond acceptors (Lipinski definition) is 4. The highest BCUT2D eigenvalue weighted by atomic mass is 19.4. The summed E-state index contributed by atoms with van der Waals surface area (Å²) in [5.41, 5.74) is -1.71. The molecular weight excluding hydrogens is 526 g/mol. The average Bonchev–Trinajstić information content (AvgIpc) is 3.28. The molecule has 0 amide bonds. The van der Waals surface area contributed by atoms with E-state index in [0.29, 0.717) is 17.4 Å². The number of ether oxygens (including phenoxy) is 2. The molecular formula is C29H30F6O4. The van der Waals surface area contributed by atoms with E-state index in [9.17, 15) is 31.1 Å². The van der Waals surface area contributed by atoms with Gasteiger partial charge in [-0.1, -0.05) is 45.4 Å². The first-order chi connectivity index (χ1) is 18.2. The zero-order valence-electron chi connectivity index (χ0n) is 21.7. The standard InChI is InChI=1S/C29H30F6O4/c1-4-6-7-8-19-9-12-22(23(13-19)29(33,34)35)25-14-20-10-11-21(15-24(20)39-25)37-17-27(3,16-28(30,31)32)18-38-26(36)5-2/h5,9-15H,2,4,6-8,16-18H2,1,3H3. The lowest BCUT2D eigenvalue weighted by molar-refractivity contribution is -0.172. The predicted octanol–water partition coefficient (Wildman–Crippen LogP) is 8.92. The summed E-state index contributed by atoms with van der Waals surface area (Å²) >= 11 is 0. The van der Waals surface area contributed by atoms with Crippen LogP contribution >= 0.6 is 0 Å². The Kier molecular flexibility index (Phi) is 9.40. The molecule has 0 aliphatic carbocycles. The normalized spacial score (nSPS) is 13.7. The summed E-state index contributed by atoms with van der Waals surface area (Å²) in [6.45, 7) is 5.50. The molecule has 1 atom stereocenters. The molecule has 0 aliphatic rings. The molecule has 212 valence electrons. The van der Waals surface area contributed by atoms with Crippen molar-refractivity contribution in [3.63, 3.8) is 0 Å². The van der Waals surface area contributed by atoms with Gasteiger partial charge in [0.15, 0.2) is 0 Å². The minimum absolute atomic E-state index is 0.00725. The number of unbranched alkanes of at least 4 members (excludes halogenated alkanes) is 2. The number of halogens is 6. The number of carbonyl (C=O) groups excluding carboxylic acids is 1. The van der Waals surface area contributed by atoms with Crippen molar-refractivity contribution in [3.05, 3.63) is 66.2 Å². The molecule has 3 rings (SSSR count). The summed E-state index contributed by atoms with van der Waals surface area (Å²) in [5.74, 6) is -0.706. The topological polar surface area (TPSA) is 48.7 Å². The van der Waals surface area contributed by atoms with Crippen molar-refractivity contribution in [1.29, 1.82) is 0 Å². The maximum Gasteiger partial charge on any atom is 0.417 e. The van der Waals surface area contributed by atoms with Crippen LogP contribution in [0.2, 0.25) is 0 Å². The lowest BCUT2D eigenvalue weighted by Gasteiger charge is -2.29. The first-order valence-electron chi connectivity index (χ1n) is 12.5. The smallest absolute Gasteiger partial charge is 0.417 e. The van der Waals surface area contributed by atoms with Gasteiger partial charge in [0.2, 0.25) is 0 Å². The third-order valence-corrected chi connectivity index (χ3v) is 6.16. The fraction of sp³-hybridized carbons (Fsp3) is 0.414. The van der Waals surface area contributed by atoms with Crippen LogP contribution in [0.1, 0.15) is 50.7 Å². The molecule has 0 fully saturated rings. The maximum absolute atomic E-state index is 13.9. The molecule has 0 saturated carbocycles. The van der Waals surface area contributed by atoms with Gasteiger partial charge in [-0.05, 0) is 42.7 Å². The van der Waals surface area contributed by atoms with Crippen molar-refractivity contribution in [2.75, 3.05) is 13.2 Å². The van der Waals surface area contributed by atoms with E-state index in [1.165, 1.54) is 31.2 Å². The van der Waals surface area contributed by atoms with Gasteiger partial charge in [0, 0.05) is 28.5 Å². The number of alkyl halides is 6. The highest BCUT2D eigenvalue weighted by molar-refractivity contribution is 5.84. The Morgan fingerprint density at radius 2 is 1.74 bits per heavy atom. The molecule has 1 heterocycles. The van der Waals surface area contributed by atoms with Crippen LogP contribution in [0.15, 0.2) is 59.5 Å². The summed E-state index contributed by atoms with van der Waals surface area (Å²) in [7, 11) is 0. The molecule has 0 aliphatic heterocycles. The Bertz CT molecular complexity index is 1290. The minimum Gasteiger partial charge on any atom is -0.493 e. The molecule has 2 aromatic carbocycles. The third-order valence-electron chi connectivity index (χ3n) is 6.16. The summed E-state index contributed by atoms with van der Waals surface area (Å²) in [5, 5.41) is 0.496. The molecule has 0 spiro atoms. The number of aryl methyl sites for hydroxylation is 1. The van der Waals surface area contributed by atoms with Crippen LogP contribution in [0.4, 0.5) is 26.3 Å². The van der Waals surface area contributed by atoms with Gasteiger partial charge in [-0.15, -0.1) is 0 Å². The summed E-state index contributed by atoms with van der Waals surface area (Å²) < 4.78 is 97.4. The average molecular weight is 557 g/mol. The molecule has 3 aromatic rings. The Morgan fingerprint density at radius 1 is 1.00 bits per heavy atom. The van der Waals surface area contributed by atoms with Crippen LogP contribution in [-0.2, 0) is 22.1 Å². The summed E-state index contributed by atoms with van der Waals surface area (Å²) in [4.78, 5) is 11.4. The molecule has 4 nitrogen and oxygen atoms in total. The highest BCUT2D eigenvalue weighted by Gasteiger charge is 2.41. The molecule has 0 radical (unpaired) electrons. The number of furan rings is 1. The fourth-order valence-corrected chi connectivity index (χ4v) is 4.20. The van der Waals surface area contributed by atoms with Crippen molar-refractivity contribution in [2.45, 2.75) is 58.3 Å². The monoisotopic (exact) mass is 556 g/mol. The van der Waals surface area contributed by atoms with Gasteiger partial charge in [0.25, 0.3) is 0 Å². The van der Waals surface area contributed by atoms with Crippen LogP contribution in [0.5, 0.6) is 5.75 Å². The molecule has 1 unspecified atom stereocenters. The highest BCUT2D eigenvalue weighted by Crippen LogP contribution is 2.40. The molecule has 0 N–H and O–H groups in total. The van der Waals surface area contributed by atoms with E-state index in [-0.39, 0.29) is 22.7 Å². The van der Waals surface area contributed by atoms with Crippen molar-refractivity contribution >= 4 is 16.9 Å². The van der Waals surface area contributed by atoms with Crippen molar-refractivity contribution < 1.29 is 45.0 Å². The lowest BCUT2D eigenvalue weighted by Crippen LogP contribution is -2.36. The number of benzene rings is 2. The Balaban J connectivity index is 1.85. The van der Waals surface area contributed by atoms with Crippen molar-refractivity contribution in [3.8, 4) is 17.1 Å².